The monoisotopic (exact) mass is 427 g/mol. The molecule has 1 atom stereocenters. The maximum atomic E-state index is 12.9. The molecule has 2 heterocycles. The number of carbonyl (C=O) groups is 1. The number of nitrogens with zero attached hydrogens (tertiary/aromatic N) is 4. The van der Waals surface area contributed by atoms with E-state index in [1.165, 1.54) is 13.8 Å². The van der Waals surface area contributed by atoms with Gasteiger partial charge in [0.05, 0.1) is 6.54 Å². The van der Waals surface area contributed by atoms with E-state index < -0.39 is 23.8 Å². The molecule has 0 fully saturated rings. The van der Waals surface area contributed by atoms with Crippen molar-refractivity contribution in [3.63, 3.8) is 0 Å². The van der Waals surface area contributed by atoms with Crippen LogP contribution in [0.2, 0.25) is 0 Å². The summed E-state index contributed by atoms with van der Waals surface area (Å²) in [6.45, 7) is 3.48. The highest BCUT2D eigenvalue weighted by Crippen LogP contribution is 2.29. The molecule has 9 heteroatoms. The largest absolute Gasteiger partial charge is 0.435 e. The van der Waals surface area contributed by atoms with Crippen LogP contribution in [-0.4, -0.2) is 25.5 Å². The van der Waals surface area contributed by atoms with Crippen LogP contribution in [0, 0.1) is 6.92 Å². The molecule has 0 saturated heterocycles. The van der Waals surface area contributed by atoms with Crippen LogP contribution in [-0.2, 0) is 17.5 Å². The number of hydrogen-bond donors (Lipinski definition) is 1. The number of nitrogens with one attached hydrogen (secondary N) is 1. The second kappa shape index (κ2) is 7.90. The molecular weight excluding hydrogens is 407 g/mol. The molecule has 1 amide bonds. The molecule has 4 aromatic rings. The summed E-state index contributed by atoms with van der Waals surface area (Å²) in [5.74, 6) is -0.187. The van der Waals surface area contributed by atoms with E-state index in [4.69, 9.17) is 0 Å². The Bertz CT molecular complexity index is 1240. The summed E-state index contributed by atoms with van der Waals surface area (Å²) < 4.78 is 41.4. The Kier molecular flexibility index (Phi) is 5.26. The quantitative estimate of drug-likeness (QED) is 0.497. The highest BCUT2D eigenvalue weighted by Gasteiger charge is 2.35. The van der Waals surface area contributed by atoms with Gasteiger partial charge in [0.1, 0.15) is 6.04 Å². The maximum Gasteiger partial charge on any atom is 0.435 e. The second-order valence-corrected chi connectivity index (χ2v) is 7.32. The van der Waals surface area contributed by atoms with E-state index in [-0.39, 0.29) is 5.69 Å². The lowest BCUT2D eigenvalue weighted by Gasteiger charge is -2.13. The average Bonchev–Trinajstić information content (AvgIpc) is 3.34. The summed E-state index contributed by atoms with van der Waals surface area (Å²) in [7, 11) is 0. The molecule has 2 aromatic heterocycles. The summed E-state index contributed by atoms with van der Waals surface area (Å²) in [6.07, 6.45) is -2.82. The first-order chi connectivity index (χ1) is 14.7. The van der Waals surface area contributed by atoms with Crippen LogP contribution >= 0.6 is 0 Å². The van der Waals surface area contributed by atoms with E-state index in [0.717, 1.165) is 27.1 Å². The first-order valence-corrected chi connectivity index (χ1v) is 9.66. The van der Waals surface area contributed by atoms with Crippen molar-refractivity contribution >= 4 is 22.5 Å². The highest BCUT2D eigenvalue weighted by molar-refractivity contribution is 5.92. The summed E-state index contributed by atoms with van der Waals surface area (Å²) in [5, 5.41) is 12.8. The number of carbonyl (C=O) groups excluding carboxylic acids is 1. The van der Waals surface area contributed by atoms with E-state index in [1.54, 1.807) is 16.9 Å². The maximum absolute atomic E-state index is 12.9. The van der Waals surface area contributed by atoms with Gasteiger partial charge in [0.25, 0.3) is 0 Å². The van der Waals surface area contributed by atoms with Crippen LogP contribution < -0.4 is 5.32 Å². The van der Waals surface area contributed by atoms with Crippen LogP contribution in [0.1, 0.15) is 29.9 Å². The number of halogens is 3. The fourth-order valence-electron chi connectivity index (χ4n) is 3.48. The van der Waals surface area contributed by atoms with Gasteiger partial charge in [-0.05, 0) is 36.2 Å². The van der Waals surface area contributed by atoms with Crippen LogP contribution in [0.3, 0.4) is 0 Å². The topological polar surface area (TPSA) is 64.7 Å². The Labute approximate surface area is 176 Å². The molecule has 1 N–H and O–H groups in total. The first-order valence-electron chi connectivity index (χ1n) is 9.66. The van der Waals surface area contributed by atoms with Gasteiger partial charge in [-0.3, -0.25) is 14.2 Å². The summed E-state index contributed by atoms with van der Waals surface area (Å²) >= 11 is 0. The van der Waals surface area contributed by atoms with Crippen molar-refractivity contribution in [2.75, 3.05) is 5.32 Å². The molecule has 0 radical (unpaired) electrons. The van der Waals surface area contributed by atoms with Gasteiger partial charge in [-0.2, -0.15) is 23.4 Å². The molecule has 0 bridgehead atoms. The molecule has 6 nitrogen and oxygen atoms in total. The van der Waals surface area contributed by atoms with Gasteiger partial charge in [-0.25, -0.2) is 0 Å². The molecule has 1 unspecified atom stereocenters. The summed E-state index contributed by atoms with van der Waals surface area (Å²) in [4.78, 5) is 12.6. The zero-order chi connectivity index (χ0) is 22.2. The molecule has 0 saturated carbocycles. The van der Waals surface area contributed by atoms with Crippen molar-refractivity contribution in [1.82, 2.24) is 19.6 Å². The highest BCUT2D eigenvalue weighted by atomic mass is 19.4. The number of alkyl halides is 3. The molecule has 160 valence electrons. The zero-order valence-corrected chi connectivity index (χ0v) is 16.9. The lowest BCUT2D eigenvalue weighted by Crippen LogP contribution is -2.26. The average molecular weight is 427 g/mol. The standard InChI is InChI=1S/C22H20F3N5O/c1-14-12-19(22(23,24)25)27-30(14)15(2)21(31)26-20-10-11-29(28-20)13-17-8-5-7-16-6-3-4-9-18(16)17/h3-12,15H,13H2,1-2H3,(H,26,28,31). The minimum Gasteiger partial charge on any atom is -0.307 e. The minimum absolute atomic E-state index is 0.247. The van der Waals surface area contributed by atoms with Crippen molar-refractivity contribution in [2.24, 2.45) is 0 Å². The fraction of sp³-hybridized carbons (Fsp3) is 0.227. The number of anilines is 1. The van der Waals surface area contributed by atoms with Crippen molar-refractivity contribution in [3.05, 3.63) is 77.7 Å². The first kappa shape index (κ1) is 20.6. The molecule has 4 rings (SSSR count). The minimum atomic E-state index is -4.56. The second-order valence-electron chi connectivity index (χ2n) is 7.32. The molecule has 0 aliphatic heterocycles. The van der Waals surface area contributed by atoms with Crippen molar-refractivity contribution in [1.29, 1.82) is 0 Å². The Morgan fingerprint density at radius 2 is 1.84 bits per heavy atom. The predicted octanol–water partition coefficient (Wildman–Crippen LogP) is 4.81. The lowest BCUT2D eigenvalue weighted by atomic mass is 10.0. The zero-order valence-electron chi connectivity index (χ0n) is 16.9. The molecule has 0 aliphatic carbocycles. The molecule has 0 spiro atoms. The van der Waals surface area contributed by atoms with Gasteiger partial charge in [-0.15, -0.1) is 0 Å². The normalized spacial score (nSPS) is 12.8. The smallest absolute Gasteiger partial charge is 0.307 e. The fourth-order valence-corrected chi connectivity index (χ4v) is 3.48. The van der Waals surface area contributed by atoms with Gasteiger partial charge in [0.15, 0.2) is 11.5 Å². The Morgan fingerprint density at radius 1 is 1.10 bits per heavy atom. The number of hydrogen-bond acceptors (Lipinski definition) is 3. The third-order valence-electron chi connectivity index (χ3n) is 5.06. The molecule has 0 aliphatic rings. The van der Waals surface area contributed by atoms with Crippen molar-refractivity contribution in [3.8, 4) is 0 Å². The van der Waals surface area contributed by atoms with E-state index in [0.29, 0.717) is 12.4 Å². The number of aromatic nitrogens is 4. The molecule has 2 aromatic carbocycles. The van der Waals surface area contributed by atoms with Gasteiger partial charge in [0, 0.05) is 18.0 Å². The predicted molar refractivity (Wildman–Crippen MR) is 111 cm³/mol. The van der Waals surface area contributed by atoms with Gasteiger partial charge in [-0.1, -0.05) is 42.5 Å². The Balaban J connectivity index is 1.47. The number of fused-ring (bicyclic) bond motifs is 1. The van der Waals surface area contributed by atoms with Crippen molar-refractivity contribution in [2.45, 2.75) is 32.6 Å². The van der Waals surface area contributed by atoms with Crippen LogP contribution in [0.4, 0.5) is 19.0 Å². The van der Waals surface area contributed by atoms with E-state index in [2.05, 4.69) is 15.5 Å². The van der Waals surface area contributed by atoms with Gasteiger partial charge in [0.2, 0.25) is 5.91 Å². The number of benzene rings is 2. The number of amides is 1. The SMILES string of the molecule is Cc1cc(C(F)(F)F)nn1C(C)C(=O)Nc1ccn(Cc2cccc3ccccc23)n1. The summed E-state index contributed by atoms with van der Waals surface area (Å²) in [5.41, 5.74) is 0.305. The third-order valence-corrected chi connectivity index (χ3v) is 5.06. The van der Waals surface area contributed by atoms with E-state index in [9.17, 15) is 18.0 Å². The van der Waals surface area contributed by atoms with E-state index >= 15 is 0 Å². The van der Waals surface area contributed by atoms with Crippen molar-refractivity contribution < 1.29 is 18.0 Å². The Hall–Kier alpha value is -3.62. The molecular formula is C22H20F3N5O. The van der Waals surface area contributed by atoms with Gasteiger partial charge >= 0.3 is 6.18 Å². The lowest BCUT2D eigenvalue weighted by molar-refractivity contribution is -0.141. The molecule has 31 heavy (non-hydrogen) atoms. The summed E-state index contributed by atoms with van der Waals surface area (Å²) in [6, 6.07) is 15.7. The van der Waals surface area contributed by atoms with Crippen LogP contribution in [0.15, 0.2) is 60.8 Å². The van der Waals surface area contributed by atoms with Gasteiger partial charge < -0.3 is 5.32 Å². The number of aryl methyl sites for hydroxylation is 1. The van der Waals surface area contributed by atoms with Crippen LogP contribution in [0.25, 0.3) is 10.8 Å². The van der Waals surface area contributed by atoms with E-state index in [1.807, 2.05) is 42.5 Å². The Morgan fingerprint density at radius 3 is 2.58 bits per heavy atom. The third kappa shape index (κ3) is 4.30. The van der Waals surface area contributed by atoms with Crippen LogP contribution in [0.5, 0.6) is 0 Å². The number of rotatable bonds is 5.